The van der Waals surface area contributed by atoms with Crippen molar-refractivity contribution in [3.05, 3.63) is 367 Å². The van der Waals surface area contributed by atoms with Crippen LogP contribution in [-0.2, 0) is 64.9 Å². The number of anilines is 4. The van der Waals surface area contributed by atoms with Crippen LogP contribution in [0.25, 0.3) is 44.5 Å². The summed E-state index contributed by atoms with van der Waals surface area (Å²) < 4.78 is 147. The number of aliphatic hydroxyl groups is 3. The molecule has 0 bridgehead atoms. The Morgan fingerprint density at radius 1 is 0.403 bits per heavy atom. The fraction of sp³-hybridized carbons (Fsp3) is 0.218. The van der Waals surface area contributed by atoms with Crippen LogP contribution in [0, 0.1) is 54.0 Å². The number of hydrogen-bond donors (Lipinski definition) is 4. The Kier molecular flexibility index (Phi) is 39.0. The van der Waals surface area contributed by atoms with Crippen molar-refractivity contribution >= 4 is 113 Å². The minimum absolute atomic E-state index is 0. The Labute approximate surface area is 808 Å². The van der Waals surface area contributed by atoms with Gasteiger partial charge in [0.2, 0.25) is 9.23 Å². The Hall–Kier alpha value is -12.0. The number of aliphatic carboxylic acids is 1. The molecule has 4 aliphatic rings. The van der Waals surface area contributed by atoms with Crippen LogP contribution in [0.2, 0.25) is 0 Å². The molecule has 698 valence electrons. The average molecular weight is 1980 g/mol. The summed E-state index contributed by atoms with van der Waals surface area (Å²) in [7, 11) is 9.65. The molecule has 20 nitrogen and oxygen atoms in total. The molecular formula is C101H93BrCl2F8MgN4O16S. The largest absolute Gasteiger partial charge is 2.00 e. The Balaban J connectivity index is 0.000000214. The first kappa shape index (κ1) is 107. The van der Waals surface area contributed by atoms with Crippen molar-refractivity contribution in [2.24, 2.45) is 0 Å². The van der Waals surface area contributed by atoms with Crippen molar-refractivity contribution in [2.45, 2.75) is 93.2 Å². The van der Waals surface area contributed by atoms with Gasteiger partial charge in [0.1, 0.15) is 57.7 Å². The number of aliphatic hydroxyl groups excluding tert-OH is 2. The van der Waals surface area contributed by atoms with Gasteiger partial charge < -0.3 is 68.5 Å². The van der Waals surface area contributed by atoms with E-state index < -0.39 is 120 Å². The molecule has 4 N–H and O–H groups in total. The maximum Gasteiger partial charge on any atom is 2.00 e. The van der Waals surface area contributed by atoms with Crippen LogP contribution in [0.4, 0.5) is 77.1 Å². The van der Waals surface area contributed by atoms with E-state index in [9.17, 15) is 79.2 Å². The fourth-order valence-corrected chi connectivity index (χ4v) is 16.0. The molecule has 4 unspecified atom stereocenters. The molecule has 33 heteroatoms. The Morgan fingerprint density at radius 2 is 0.649 bits per heavy atom. The second-order valence-corrected chi connectivity index (χ2v) is 33.7. The van der Waals surface area contributed by atoms with E-state index in [1.165, 1.54) is 75.2 Å². The van der Waals surface area contributed by atoms with Crippen molar-refractivity contribution in [1.29, 1.82) is 0 Å². The van der Waals surface area contributed by atoms with Crippen LogP contribution in [0.5, 0.6) is 0 Å². The molecule has 4 atom stereocenters. The first-order valence-electron chi connectivity index (χ1n) is 41.0. The molecule has 4 heterocycles. The summed E-state index contributed by atoms with van der Waals surface area (Å²) in [6, 6.07) is 77.2. The first-order chi connectivity index (χ1) is 62.7. The quantitative estimate of drug-likeness (QED) is 0.0138. The molecule has 0 radical (unpaired) electrons. The summed E-state index contributed by atoms with van der Waals surface area (Å²) in [6.45, 7) is 4.51. The number of amides is 4. The second kappa shape index (κ2) is 48.7. The number of cyclic esters (lactones) is 4. The molecule has 0 aliphatic carbocycles. The van der Waals surface area contributed by atoms with E-state index in [4.69, 9.17) is 33.0 Å². The third-order valence-electron chi connectivity index (χ3n) is 22.1. The average Bonchev–Trinajstić information content (AvgIpc) is 0.772. The maximum absolute atomic E-state index is 14.3. The first-order valence-corrected chi connectivity index (χ1v) is 43.8. The molecule has 0 saturated carbocycles. The van der Waals surface area contributed by atoms with Gasteiger partial charge in [0.25, 0.3) is 0 Å². The molecule has 4 fully saturated rings. The number of methoxy groups -OCH3 is 1. The summed E-state index contributed by atoms with van der Waals surface area (Å²) in [5.74, 6) is -6.91. The SMILES string of the molecule is CC(C)(O)CC1(c2ccccc2)CCN(c2cccc(-c3ccc(F)cc3F)c2)C(=O)O1.CO.COC(=O)CC1(c2ccccc2)CCN(c2cccc(-c3ccc(F)cc3F)c2)C(=O)O1.O=C(O)CC1(c2ccccc2)CCN(c2cccc(-c3ccc(F)cc3F)c2)C(=O)O1.O=C1OC(CCO)(c2ccccc2)CCN1c1cccc(-c2ccc(F)cc2F)c1.O=S(Cl)Cl.[Br-].[CH3-].[Mg+2]. The van der Waals surface area contributed by atoms with E-state index in [2.05, 4.69) is 21.4 Å². The normalized spacial score (nSPS) is 17.7. The topological polar surface area (TPSA) is 260 Å². The van der Waals surface area contributed by atoms with E-state index in [-0.39, 0.29) is 115 Å². The van der Waals surface area contributed by atoms with Crippen LogP contribution in [0.1, 0.15) is 87.5 Å². The number of carboxylic acids is 1. The molecule has 4 amide bonds. The van der Waals surface area contributed by atoms with E-state index in [0.717, 1.165) is 42.5 Å². The van der Waals surface area contributed by atoms with Gasteiger partial charge in [-0.25, -0.2) is 58.5 Å². The summed E-state index contributed by atoms with van der Waals surface area (Å²) in [6.07, 6.45) is -0.685. The summed E-state index contributed by atoms with van der Waals surface area (Å²) in [5.41, 5.74) is 2.81. The standard InChI is InChI=1S/C26H25F2NO3.C25H21F2NO4.C24H19F2NO4.C24H21F2NO3.CH4O.CH3.BrH.Cl2OS.Mg/c1-25(2,31)17-26(19-8-4-3-5-9-19)13-14-29(24(30)32-26)21-10-6-7-18(15-21)22-12-11-20(27)16-23(22)28;1-31-23(29)16-25(18-7-3-2-4-8-18)12-13-28(24(30)32-25)20-9-5-6-17(14-20)21-11-10-19(26)15-22(21)27;25-18-9-10-20(21(26)14-18)16-5-4-8-19(13-16)27-12-11-24(15-22(28)29,31-23(27)30)17-6-2-1-3-7-17;25-19-9-10-21(22(26)16-19)17-5-4-8-20(15-17)27-13-11-24(12-14-28,30-23(27)29)18-6-2-1-3-7-18;1-2;;;1-4(2)3;/h3-12,15-16,31H,13-14,17H2,1-2H3;2-11,14-15H,12-13,16H2,1H3;1-10,13-14H,11-12,15H2,(H,28,29);1-10,15-16,28H,11-14H2;2H,1H3;1H3;1H;;/q;;;;;-1;;;+2/p-1. The number of ether oxygens (including phenoxy) is 5. The summed E-state index contributed by atoms with van der Waals surface area (Å²) >= 11 is 0. The zero-order chi connectivity index (χ0) is 94.4. The number of nitrogens with zero attached hydrogens (tertiary/aromatic N) is 4. The third-order valence-corrected chi connectivity index (χ3v) is 22.1. The molecule has 12 aromatic carbocycles. The maximum atomic E-state index is 14.3. The van der Waals surface area contributed by atoms with Crippen LogP contribution in [0.15, 0.2) is 291 Å². The number of rotatable bonds is 20. The molecule has 12 aromatic rings. The molecule has 0 aromatic heterocycles. The van der Waals surface area contributed by atoms with Crippen molar-refractivity contribution in [1.82, 2.24) is 0 Å². The van der Waals surface area contributed by atoms with Crippen LogP contribution in [0.3, 0.4) is 0 Å². The molecule has 16 rings (SSSR count). The smallest absolute Gasteiger partial charge is 1.00 e. The van der Waals surface area contributed by atoms with Gasteiger partial charge >= 0.3 is 59.4 Å². The molecule has 134 heavy (non-hydrogen) atoms. The number of carboxylic acid groups (broad SMARTS) is 1. The molecule has 4 saturated heterocycles. The Morgan fingerprint density at radius 3 is 0.903 bits per heavy atom. The minimum Gasteiger partial charge on any atom is -1.00 e. The second-order valence-electron chi connectivity index (χ2n) is 31.2. The van der Waals surface area contributed by atoms with Gasteiger partial charge in [0, 0.05) is 169 Å². The van der Waals surface area contributed by atoms with E-state index >= 15 is 0 Å². The van der Waals surface area contributed by atoms with Gasteiger partial charge in [-0.15, -0.1) is 0 Å². The number of benzene rings is 12. The predicted molar refractivity (Wildman–Crippen MR) is 495 cm³/mol. The zero-order valence-electron chi connectivity index (χ0n) is 73.2. The van der Waals surface area contributed by atoms with E-state index in [1.807, 2.05) is 91.0 Å². The minimum atomic E-state index is -1.67. The number of hydrogen-bond acceptors (Lipinski definition) is 15. The van der Waals surface area contributed by atoms with Gasteiger partial charge in [-0.3, -0.25) is 29.2 Å². The summed E-state index contributed by atoms with van der Waals surface area (Å²) in [5, 5.41) is 36.5. The zero-order valence-corrected chi connectivity index (χ0v) is 78.5. The molecule has 0 spiro atoms. The number of carbonyl (C=O) groups is 6. The number of carbonyl (C=O) groups excluding carboxylic acids is 5. The van der Waals surface area contributed by atoms with Crippen molar-refractivity contribution in [2.75, 3.05) is 66.6 Å². The van der Waals surface area contributed by atoms with Gasteiger partial charge in [0.15, 0.2) is 11.2 Å². The van der Waals surface area contributed by atoms with E-state index in [0.29, 0.717) is 94.9 Å². The van der Waals surface area contributed by atoms with Gasteiger partial charge in [-0.05, 0) is 155 Å². The molecular weight excluding hydrogens is 1880 g/mol. The predicted octanol–water partition coefficient (Wildman–Crippen LogP) is 19.8. The van der Waals surface area contributed by atoms with Crippen LogP contribution in [-0.4, -0.2) is 137 Å². The van der Waals surface area contributed by atoms with Crippen molar-refractivity contribution in [3.8, 4) is 44.5 Å². The monoisotopic (exact) mass is 1970 g/mol. The fourth-order valence-electron chi connectivity index (χ4n) is 16.0. The van der Waals surface area contributed by atoms with Gasteiger partial charge in [-0.1, -0.05) is 170 Å². The van der Waals surface area contributed by atoms with Crippen LogP contribution >= 0.6 is 21.4 Å². The van der Waals surface area contributed by atoms with Crippen molar-refractivity contribution < 1.29 is 129 Å². The van der Waals surface area contributed by atoms with Gasteiger partial charge in [-0.2, -0.15) is 0 Å². The number of esters is 1. The summed E-state index contributed by atoms with van der Waals surface area (Å²) in [4.78, 5) is 81.4. The van der Waals surface area contributed by atoms with Crippen molar-refractivity contribution in [3.63, 3.8) is 0 Å². The van der Waals surface area contributed by atoms with Gasteiger partial charge in [0.05, 0.1) is 25.6 Å². The third kappa shape index (κ3) is 27.2. The van der Waals surface area contributed by atoms with E-state index in [1.54, 1.807) is 141 Å². The number of halogens is 11. The Bertz CT molecular complexity index is 6060. The molecule has 4 aliphatic heterocycles. The van der Waals surface area contributed by atoms with Crippen LogP contribution < -0.4 is 36.6 Å².